The van der Waals surface area contributed by atoms with Gasteiger partial charge in [0.15, 0.2) is 0 Å². The second-order valence-electron chi connectivity index (χ2n) is 5.26. The molecule has 0 bridgehead atoms. The number of nitrogens with zero attached hydrogens (tertiary/aromatic N) is 2. The van der Waals surface area contributed by atoms with E-state index in [1.54, 1.807) is 6.07 Å². The highest BCUT2D eigenvalue weighted by Crippen LogP contribution is 2.38. The molecule has 1 aromatic heterocycles. The summed E-state index contributed by atoms with van der Waals surface area (Å²) in [4.78, 5) is 12.2. The van der Waals surface area contributed by atoms with Crippen molar-refractivity contribution in [3.63, 3.8) is 0 Å². The molecule has 1 aromatic rings. The number of furan rings is 1. The SMILES string of the molecule is O=[N+]([O-])c1ccc(CN2CC3CCC(O)C3C2)o1. The van der Waals surface area contributed by atoms with Gasteiger partial charge in [-0.2, -0.15) is 0 Å². The lowest BCUT2D eigenvalue weighted by molar-refractivity contribution is -0.402. The maximum absolute atomic E-state index is 10.5. The number of hydrogen-bond donors (Lipinski definition) is 1. The molecule has 3 rings (SSSR count). The van der Waals surface area contributed by atoms with E-state index in [1.165, 1.54) is 6.07 Å². The minimum Gasteiger partial charge on any atom is -0.404 e. The van der Waals surface area contributed by atoms with E-state index in [4.69, 9.17) is 4.42 Å². The lowest BCUT2D eigenvalue weighted by Crippen LogP contribution is -2.24. The summed E-state index contributed by atoms with van der Waals surface area (Å²) in [5, 5.41) is 20.3. The summed E-state index contributed by atoms with van der Waals surface area (Å²) in [6, 6.07) is 3.05. The van der Waals surface area contributed by atoms with Gasteiger partial charge in [-0.05, 0) is 24.8 Å². The topological polar surface area (TPSA) is 79.8 Å². The minimum atomic E-state index is -0.522. The van der Waals surface area contributed by atoms with Crippen molar-refractivity contribution >= 4 is 5.88 Å². The van der Waals surface area contributed by atoms with E-state index >= 15 is 0 Å². The average Bonchev–Trinajstić information content (AvgIpc) is 2.98. The molecule has 1 saturated carbocycles. The predicted octanol–water partition coefficient (Wildman–Crippen LogP) is 1.39. The Morgan fingerprint density at radius 3 is 2.94 bits per heavy atom. The second-order valence-corrected chi connectivity index (χ2v) is 5.26. The lowest BCUT2D eigenvalue weighted by Gasteiger charge is -2.16. The molecule has 6 heteroatoms. The highest BCUT2D eigenvalue weighted by Gasteiger charge is 2.41. The first kappa shape index (κ1) is 11.7. The maximum Gasteiger partial charge on any atom is 0.433 e. The summed E-state index contributed by atoms with van der Waals surface area (Å²) >= 11 is 0. The molecule has 3 unspecified atom stereocenters. The van der Waals surface area contributed by atoms with Crippen molar-refractivity contribution in [3.8, 4) is 0 Å². The van der Waals surface area contributed by atoms with E-state index in [-0.39, 0.29) is 12.0 Å². The molecule has 3 atom stereocenters. The highest BCUT2D eigenvalue weighted by molar-refractivity contribution is 5.17. The van der Waals surface area contributed by atoms with E-state index in [1.807, 2.05) is 0 Å². The minimum absolute atomic E-state index is 0.175. The summed E-state index contributed by atoms with van der Waals surface area (Å²) in [7, 11) is 0. The van der Waals surface area contributed by atoms with Gasteiger partial charge < -0.3 is 9.52 Å². The molecule has 1 aliphatic carbocycles. The molecule has 0 aromatic carbocycles. The van der Waals surface area contributed by atoms with Crippen LogP contribution in [-0.2, 0) is 6.54 Å². The van der Waals surface area contributed by atoms with Crippen molar-refractivity contribution in [1.29, 1.82) is 0 Å². The molecule has 0 spiro atoms. The molecule has 0 amide bonds. The van der Waals surface area contributed by atoms with Crippen molar-refractivity contribution in [2.45, 2.75) is 25.5 Å². The molecular weight excluding hydrogens is 236 g/mol. The van der Waals surface area contributed by atoms with E-state index in [0.717, 1.165) is 25.9 Å². The van der Waals surface area contributed by atoms with Crippen LogP contribution >= 0.6 is 0 Å². The van der Waals surface area contributed by atoms with Crippen LogP contribution in [0.1, 0.15) is 18.6 Å². The van der Waals surface area contributed by atoms with Crippen LogP contribution in [0.5, 0.6) is 0 Å². The molecular formula is C12H16N2O4. The van der Waals surface area contributed by atoms with E-state index < -0.39 is 4.92 Å². The number of hydrogen-bond acceptors (Lipinski definition) is 5. The molecule has 2 aliphatic rings. The number of aliphatic hydroxyl groups excluding tert-OH is 1. The summed E-state index contributed by atoms with van der Waals surface area (Å²) in [6.07, 6.45) is 1.82. The van der Waals surface area contributed by atoms with Crippen LogP contribution in [0.2, 0.25) is 0 Å². The van der Waals surface area contributed by atoms with Crippen molar-refractivity contribution in [3.05, 3.63) is 28.0 Å². The largest absolute Gasteiger partial charge is 0.433 e. The summed E-state index contributed by atoms with van der Waals surface area (Å²) in [6.45, 7) is 2.41. The van der Waals surface area contributed by atoms with Gasteiger partial charge in [0, 0.05) is 19.0 Å². The monoisotopic (exact) mass is 252 g/mol. The third-order valence-corrected chi connectivity index (χ3v) is 4.10. The zero-order valence-corrected chi connectivity index (χ0v) is 9.99. The van der Waals surface area contributed by atoms with Gasteiger partial charge in [-0.15, -0.1) is 0 Å². The van der Waals surface area contributed by atoms with Crippen LogP contribution in [0.3, 0.4) is 0 Å². The van der Waals surface area contributed by atoms with E-state index in [9.17, 15) is 15.2 Å². The predicted molar refractivity (Wildman–Crippen MR) is 62.9 cm³/mol. The van der Waals surface area contributed by atoms with E-state index in [0.29, 0.717) is 24.1 Å². The Morgan fingerprint density at radius 2 is 2.28 bits per heavy atom. The van der Waals surface area contributed by atoms with Gasteiger partial charge >= 0.3 is 5.88 Å². The molecule has 1 N–H and O–H groups in total. The fourth-order valence-electron chi connectivity index (χ4n) is 3.23. The smallest absolute Gasteiger partial charge is 0.404 e. The number of rotatable bonds is 3. The molecule has 18 heavy (non-hydrogen) atoms. The van der Waals surface area contributed by atoms with Crippen LogP contribution in [0.25, 0.3) is 0 Å². The van der Waals surface area contributed by atoms with Crippen molar-refractivity contribution in [2.24, 2.45) is 11.8 Å². The van der Waals surface area contributed by atoms with Crippen LogP contribution in [-0.4, -0.2) is 34.1 Å². The van der Waals surface area contributed by atoms with Crippen LogP contribution in [0.4, 0.5) is 5.88 Å². The third kappa shape index (κ3) is 2.02. The quantitative estimate of drug-likeness (QED) is 0.649. The number of likely N-dealkylation sites (tertiary alicyclic amines) is 1. The first-order valence-corrected chi connectivity index (χ1v) is 6.27. The fraction of sp³-hybridized carbons (Fsp3) is 0.667. The van der Waals surface area contributed by atoms with Crippen molar-refractivity contribution < 1.29 is 14.4 Å². The van der Waals surface area contributed by atoms with Crippen molar-refractivity contribution in [2.75, 3.05) is 13.1 Å². The van der Waals surface area contributed by atoms with Gasteiger partial charge in [-0.25, -0.2) is 0 Å². The maximum atomic E-state index is 10.5. The third-order valence-electron chi connectivity index (χ3n) is 4.10. The number of nitro groups is 1. The number of aliphatic hydroxyl groups is 1. The summed E-state index contributed by atoms with van der Waals surface area (Å²) < 4.78 is 5.15. The Kier molecular flexibility index (Phi) is 2.83. The lowest BCUT2D eigenvalue weighted by atomic mass is 10.00. The second kappa shape index (κ2) is 4.37. The van der Waals surface area contributed by atoms with Crippen LogP contribution in [0, 0.1) is 22.0 Å². The Hall–Kier alpha value is -1.40. The van der Waals surface area contributed by atoms with Gasteiger partial charge in [0.05, 0.1) is 18.7 Å². The standard InChI is InChI=1S/C12H16N2O4/c15-11-3-1-8-5-13(7-10(8)11)6-9-2-4-12(18-9)14(16)17/h2,4,8,10-11,15H,1,3,5-7H2. The fourth-order valence-corrected chi connectivity index (χ4v) is 3.23. The highest BCUT2D eigenvalue weighted by atomic mass is 16.6. The molecule has 0 radical (unpaired) electrons. The Balaban J connectivity index is 1.62. The van der Waals surface area contributed by atoms with Crippen molar-refractivity contribution in [1.82, 2.24) is 4.90 Å². The van der Waals surface area contributed by atoms with Gasteiger partial charge in [-0.3, -0.25) is 15.0 Å². The zero-order chi connectivity index (χ0) is 12.7. The van der Waals surface area contributed by atoms with Crippen LogP contribution in [0.15, 0.2) is 16.5 Å². The van der Waals surface area contributed by atoms with Crippen LogP contribution < -0.4 is 0 Å². The van der Waals surface area contributed by atoms with Gasteiger partial charge in [0.25, 0.3) is 0 Å². The molecule has 2 fully saturated rings. The van der Waals surface area contributed by atoms with Gasteiger partial charge in [0.2, 0.25) is 0 Å². The van der Waals surface area contributed by atoms with Gasteiger partial charge in [-0.1, -0.05) is 0 Å². The normalized spacial score (nSPS) is 31.7. The molecule has 1 saturated heterocycles. The Labute approximate surface area is 104 Å². The van der Waals surface area contributed by atoms with E-state index in [2.05, 4.69) is 4.90 Å². The molecule has 2 heterocycles. The Bertz CT molecular complexity index is 459. The zero-order valence-electron chi connectivity index (χ0n) is 9.99. The Morgan fingerprint density at radius 1 is 1.44 bits per heavy atom. The molecule has 6 nitrogen and oxygen atoms in total. The first-order chi connectivity index (χ1) is 8.63. The van der Waals surface area contributed by atoms with Gasteiger partial charge in [0.1, 0.15) is 10.7 Å². The summed E-state index contributed by atoms with van der Waals surface area (Å²) in [5.74, 6) is 1.36. The first-order valence-electron chi connectivity index (χ1n) is 6.27. The molecule has 98 valence electrons. The molecule has 1 aliphatic heterocycles. The average molecular weight is 252 g/mol. The number of fused-ring (bicyclic) bond motifs is 1. The summed E-state index contributed by atoms with van der Waals surface area (Å²) in [5.41, 5.74) is 0.